The number of para-hydroxylation sites is 1. The summed E-state index contributed by atoms with van der Waals surface area (Å²) in [6.07, 6.45) is 2.38. The van der Waals surface area contributed by atoms with E-state index < -0.39 is 5.41 Å². The highest BCUT2D eigenvalue weighted by atomic mass is 16.5. The van der Waals surface area contributed by atoms with E-state index in [-0.39, 0.29) is 43.0 Å². The topological polar surface area (TPSA) is 76.2 Å². The Balaban J connectivity index is 1.62. The van der Waals surface area contributed by atoms with Crippen LogP contribution in [0.15, 0.2) is 54.6 Å². The molecule has 35 heavy (non-hydrogen) atoms. The van der Waals surface area contributed by atoms with Crippen molar-refractivity contribution in [3.63, 3.8) is 0 Å². The molecule has 2 aromatic rings. The smallest absolute Gasteiger partial charge is 0.241 e. The van der Waals surface area contributed by atoms with Crippen molar-refractivity contribution in [2.45, 2.75) is 43.4 Å². The maximum absolute atomic E-state index is 13.8. The Kier molecular flexibility index (Phi) is 7.86. The summed E-state index contributed by atoms with van der Waals surface area (Å²) in [6, 6.07) is 17.5. The molecule has 2 unspecified atom stereocenters. The average molecular weight is 479 g/mol. The number of methoxy groups -OCH3 is 2. The number of hydrogen-bond acceptors (Lipinski definition) is 5. The number of imide groups is 1. The number of carbonyl (C=O) groups is 3. The standard InChI is InChI=1S/C28H34N2O5/c1-34-17-9-16-30-26(32)19-28(27(30)33,23-13-6-7-14-24(23)35-2)18-25(31)29-15-8-12-22(20-29)21-10-4-3-5-11-21/h3-7,10-11,13-14,22H,8-9,12,15-20H2,1-2H3. The molecular formula is C28H34N2O5. The molecule has 7 heteroatoms. The van der Waals surface area contributed by atoms with Gasteiger partial charge >= 0.3 is 0 Å². The largest absolute Gasteiger partial charge is 0.496 e. The van der Waals surface area contributed by atoms with Crippen LogP contribution >= 0.6 is 0 Å². The summed E-state index contributed by atoms with van der Waals surface area (Å²) >= 11 is 0. The van der Waals surface area contributed by atoms with Crippen LogP contribution in [0.5, 0.6) is 5.75 Å². The van der Waals surface area contributed by atoms with Crippen LogP contribution < -0.4 is 4.74 Å². The van der Waals surface area contributed by atoms with Gasteiger partial charge in [-0.3, -0.25) is 19.3 Å². The summed E-state index contributed by atoms with van der Waals surface area (Å²) in [5, 5.41) is 0. The molecule has 4 rings (SSSR count). The number of likely N-dealkylation sites (tertiary alicyclic amines) is 2. The summed E-state index contributed by atoms with van der Waals surface area (Å²) < 4.78 is 10.7. The molecule has 2 fully saturated rings. The number of hydrogen-bond donors (Lipinski definition) is 0. The first-order valence-corrected chi connectivity index (χ1v) is 12.3. The predicted molar refractivity (Wildman–Crippen MR) is 132 cm³/mol. The van der Waals surface area contributed by atoms with Gasteiger partial charge in [0.05, 0.1) is 12.5 Å². The molecule has 2 aromatic carbocycles. The number of piperidine rings is 1. The highest BCUT2D eigenvalue weighted by Gasteiger charge is 2.55. The quantitative estimate of drug-likeness (QED) is 0.407. The highest BCUT2D eigenvalue weighted by Crippen LogP contribution is 2.44. The van der Waals surface area contributed by atoms with Gasteiger partial charge in [-0.25, -0.2) is 0 Å². The summed E-state index contributed by atoms with van der Waals surface area (Å²) in [4.78, 5) is 43.8. The molecule has 2 saturated heterocycles. The minimum Gasteiger partial charge on any atom is -0.496 e. The van der Waals surface area contributed by atoms with E-state index in [0.717, 1.165) is 12.8 Å². The monoisotopic (exact) mass is 478 g/mol. The van der Waals surface area contributed by atoms with Gasteiger partial charge in [-0.2, -0.15) is 0 Å². The Hall–Kier alpha value is -3.19. The van der Waals surface area contributed by atoms with Crippen molar-refractivity contribution in [3.05, 3.63) is 65.7 Å². The van der Waals surface area contributed by atoms with Gasteiger partial charge in [0.2, 0.25) is 17.7 Å². The second-order valence-corrected chi connectivity index (χ2v) is 9.42. The average Bonchev–Trinajstić information content (AvgIpc) is 3.14. The number of ether oxygens (including phenoxy) is 2. The van der Waals surface area contributed by atoms with Gasteiger partial charge in [0.25, 0.3) is 0 Å². The molecule has 0 saturated carbocycles. The van der Waals surface area contributed by atoms with E-state index in [9.17, 15) is 14.4 Å². The number of carbonyl (C=O) groups excluding carboxylic acids is 3. The molecule has 2 aliphatic heterocycles. The molecule has 0 aromatic heterocycles. The fourth-order valence-electron chi connectivity index (χ4n) is 5.45. The minimum atomic E-state index is -1.27. The molecule has 2 atom stereocenters. The number of rotatable bonds is 9. The van der Waals surface area contributed by atoms with E-state index in [0.29, 0.717) is 37.4 Å². The molecule has 0 N–H and O–H groups in total. The lowest BCUT2D eigenvalue weighted by Crippen LogP contribution is -2.46. The zero-order chi connectivity index (χ0) is 24.8. The van der Waals surface area contributed by atoms with Gasteiger partial charge in [0.1, 0.15) is 5.75 Å². The molecule has 0 spiro atoms. The Bertz CT molecular complexity index is 1060. The van der Waals surface area contributed by atoms with Crippen molar-refractivity contribution in [1.82, 2.24) is 9.80 Å². The van der Waals surface area contributed by atoms with Crippen LogP contribution in [0.4, 0.5) is 0 Å². The van der Waals surface area contributed by atoms with Crippen LogP contribution in [0.1, 0.15) is 49.1 Å². The molecule has 7 nitrogen and oxygen atoms in total. The van der Waals surface area contributed by atoms with Gasteiger partial charge in [-0.05, 0) is 30.9 Å². The molecular weight excluding hydrogens is 444 g/mol. The third kappa shape index (κ3) is 5.10. The molecule has 2 heterocycles. The lowest BCUT2D eigenvalue weighted by molar-refractivity contribution is -0.143. The lowest BCUT2D eigenvalue weighted by Gasteiger charge is -2.36. The second-order valence-electron chi connectivity index (χ2n) is 9.42. The highest BCUT2D eigenvalue weighted by molar-refractivity contribution is 6.11. The number of benzene rings is 2. The first-order valence-electron chi connectivity index (χ1n) is 12.3. The summed E-state index contributed by atoms with van der Waals surface area (Å²) in [5.41, 5.74) is 0.550. The minimum absolute atomic E-state index is 0.0408. The van der Waals surface area contributed by atoms with Gasteiger partial charge < -0.3 is 14.4 Å². The first kappa shape index (κ1) is 24.9. The molecule has 0 bridgehead atoms. The van der Waals surface area contributed by atoms with Crippen molar-refractivity contribution in [2.24, 2.45) is 0 Å². The van der Waals surface area contributed by atoms with Crippen molar-refractivity contribution >= 4 is 17.7 Å². The summed E-state index contributed by atoms with van der Waals surface area (Å²) in [7, 11) is 3.13. The van der Waals surface area contributed by atoms with E-state index in [1.165, 1.54) is 10.5 Å². The summed E-state index contributed by atoms with van der Waals surface area (Å²) in [6.45, 7) is 2.00. The zero-order valence-electron chi connectivity index (χ0n) is 20.6. The first-order chi connectivity index (χ1) is 17.0. The Morgan fingerprint density at radius 3 is 2.54 bits per heavy atom. The molecule has 0 radical (unpaired) electrons. The van der Waals surface area contributed by atoms with Crippen LogP contribution in [0.2, 0.25) is 0 Å². The van der Waals surface area contributed by atoms with Crippen molar-refractivity contribution in [2.75, 3.05) is 40.5 Å². The van der Waals surface area contributed by atoms with Crippen molar-refractivity contribution in [3.8, 4) is 5.75 Å². The molecule has 2 aliphatic rings. The van der Waals surface area contributed by atoms with E-state index in [2.05, 4.69) is 12.1 Å². The van der Waals surface area contributed by atoms with Gasteiger partial charge in [-0.15, -0.1) is 0 Å². The molecule has 186 valence electrons. The van der Waals surface area contributed by atoms with E-state index in [1.54, 1.807) is 26.4 Å². The maximum Gasteiger partial charge on any atom is 0.241 e. The van der Waals surface area contributed by atoms with Gasteiger partial charge in [-0.1, -0.05) is 48.5 Å². The van der Waals surface area contributed by atoms with Crippen LogP contribution in [0, 0.1) is 0 Å². The Labute approximate surface area is 207 Å². The Morgan fingerprint density at radius 2 is 1.80 bits per heavy atom. The van der Waals surface area contributed by atoms with Crippen molar-refractivity contribution in [1.29, 1.82) is 0 Å². The SMILES string of the molecule is COCCCN1C(=O)CC(CC(=O)N2CCCC(c3ccccc3)C2)(c2ccccc2OC)C1=O. The van der Waals surface area contributed by atoms with E-state index in [1.807, 2.05) is 35.2 Å². The Morgan fingerprint density at radius 1 is 1.06 bits per heavy atom. The van der Waals surface area contributed by atoms with Crippen LogP contribution in [-0.4, -0.2) is 68.0 Å². The van der Waals surface area contributed by atoms with Gasteiger partial charge in [0, 0.05) is 57.7 Å². The fourth-order valence-corrected chi connectivity index (χ4v) is 5.45. The van der Waals surface area contributed by atoms with Crippen LogP contribution in [0.25, 0.3) is 0 Å². The van der Waals surface area contributed by atoms with E-state index >= 15 is 0 Å². The van der Waals surface area contributed by atoms with Crippen LogP contribution in [-0.2, 0) is 24.5 Å². The van der Waals surface area contributed by atoms with Crippen LogP contribution in [0.3, 0.4) is 0 Å². The molecule has 0 aliphatic carbocycles. The number of nitrogens with zero attached hydrogens (tertiary/aromatic N) is 2. The zero-order valence-corrected chi connectivity index (χ0v) is 20.6. The van der Waals surface area contributed by atoms with E-state index in [4.69, 9.17) is 9.47 Å². The molecule has 3 amide bonds. The fraction of sp³-hybridized carbons (Fsp3) is 0.464. The third-order valence-corrected chi connectivity index (χ3v) is 7.26. The third-order valence-electron chi connectivity index (χ3n) is 7.26. The second kappa shape index (κ2) is 11.0. The maximum atomic E-state index is 13.8. The summed E-state index contributed by atoms with van der Waals surface area (Å²) in [5.74, 6) is 0.0960. The number of amides is 3. The lowest BCUT2D eigenvalue weighted by atomic mass is 9.75. The van der Waals surface area contributed by atoms with Gasteiger partial charge in [0.15, 0.2) is 0 Å². The van der Waals surface area contributed by atoms with Crippen molar-refractivity contribution < 1.29 is 23.9 Å². The predicted octanol–water partition coefficient (Wildman–Crippen LogP) is 3.52. The normalized spacial score (nSPS) is 22.5.